The number of imidazole rings is 1. The quantitative estimate of drug-likeness (QED) is 0.147. The number of nitrogens with zero attached hydrogens (tertiary/aromatic N) is 4. The highest BCUT2D eigenvalue weighted by Crippen LogP contribution is 2.61. The zero-order chi connectivity index (χ0) is 27.3. The first-order valence-corrected chi connectivity index (χ1v) is 13.5. The third kappa shape index (κ3) is 5.85. The lowest BCUT2D eigenvalue weighted by atomic mass is 10.0. The van der Waals surface area contributed by atoms with Crippen LogP contribution in [-0.2, 0) is 32.0 Å². The van der Waals surface area contributed by atoms with Gasteiger partial charge in [0, 0.05) is 0 Å². The van der Waals surface area contributed by atoms with Crippen LogP contribution in [0.25, 0.3) is 11.2 Å². The van der Waals surface area contributed by atoms with Crippen LogP contribution in [0.3, 0.4) is 0 Å². The van der Waals surface area contributed by atoms with E-state index < -0.39 is 77.5 Å². The van der Waals surface area contributed by atoms with E-state index in [2.05, 4.69) is 28.3 Å². The van der Waals surface area contributed by atoms with Crippen molar-refractivity contribution < 1.29 is 67.3 Å². The fourth-order valence-electron chi connectivity index (χ4n) is 3.73. The van der Waals surface area contributed by atoms with Crippen molar-refractivity contribution in [2.24, 2.45) is 0 Å². The first-order chi connectivity index (χ1) is 17.2. The highest BCUT2D eigenvalue weighted by molar-refractivity contribution is 7.61. The van der Waals surface area contributed by atoms with Crippen molar-refractivity contribution in [3.8, 4) is 0 Å². The topological polar surface area (TPSA) is 292 Å². The third-order valence-electron chi connectivity index (χ3n) is 5.65. The van der Waals surface area contributed by atoms with Crippen LogP contribution in [0.4, 0.5) is 5.82 Å². The Bertz CT molecular complexity index is 1220. The van der Waals surface area contributed by atoms with Gasteiger partial charge in [0.05, 0.1) is 19.0 Å². The molecule has 19 nitrogen and oxygen atoms in total. The molecule has 9 N–H and O–H groups in total. The standard InChI is InChI=1S/C16H25N5O14P2/c1-5-8(22)10(24)12(26)16(32-5)34-37(29,30)35-36(27,28)31-2-6-9(23)11(25)15(33-6)21-4-20-7-13(17)18-3-19-14(7)21/h3-6,8-12,15-16,22-26H,2H2,1H3,(H,27,28)(H,29,30)(H2,17,18,19)/t5-,6+,8-,9+,10+,11+,12+,15+,16-/m0/s1. The van der Waals surface area contributed by atoms with E-state index in [0.717, 1.165) is 6.33 Å². The fourth-order valence-corrected chi connectivity index (χ4v) is 5.88. The van der Waals surface area contributed by atoms with Crippen molar-refractivity contribution in [2.45, 2.75) is 62.2 Å². The molecule has 11 atom stereocenters. The molecule has 0 radical (unpaired) electrons. The molecule has 4 rings (SSSR count). The van der Waals surface area contributed by atoms with Gasteiger partial charge >= 0.3 is 15.6 Å². The van der Waals surface area contributed by atoms with E-state index in [1.54, 1.807) is 0 Å². The van der Waals surface area contributed by atoms with Crippen molar-refractivity contribution >= 4 is 32.6 Å². The largest absolute Gasteiger partial charge is 0.483 e. The summed E-state index contributed by atoms with van der Waals surface area (Å²) in [5.41, 5.74) is 6.08. The van der Waals surface area contributed by atoms with E-state index in [1.165, 1.54) is 17.8 Å². The van der Waals surface area contributed by atoms with Gasteiger partial charge in [-0.05, 0) is 6.92 Å². The van der Waals surface area contributed by atoms with Crippen LogP contribution >= 0.6 is 15.6 Å². The van der Waals surface area contributed by atoms with Crippen LogP contribution in [0.5, 0.6) is 0 Å². The van der Waals surface area contributed by atoms with Gasteiger partial charge in [-0.15, -0.1) is 0 Å². The van der Waals surface area contributed by atoms with Gasteiger partial charge in [-0.2, -0.15) is 4.31 Å². The molecule has 2 unspecified atom stereocenters. The monoisotopic (exact) mass is 573 g/mol. The number of fused-ring (bicyclic) bond motifs is 1. The zero-order valence-electron chi connectivity index (χ0n) is 18.8. The molecule has 0 spiro atoms. The number of hydrogen-bond acceptors (Lipinski definition) is 16. The van der Waals surface area contributed by atoms with Gasteiger partial charge in [0.2, 0.25) is 0 Å². The molecule has 2 aliphatic rings. The highest BCUT2D eigenvalue weighted by Gasteiger charge is 2.49. The minimum absolute atomic E-state index is 0.0528. The maximum Gasteiger partial charge on any atom is 0.483 e. The van der Waals surface area contributed by atoms with Gasteiger partial charge < -0.3 is 50.5 Å². The summed E-state index contributed by atoms with van der Waals surface area (Å²) >= 11 is 0. The molecule has 37 heavy (non-hydrogen) atoms. The number of nitrogens with two attached hydrogens (primary N) is 1. The third-order valence-corrected chi connectivity index (χ3v) is 8.25. The summed E-state index contributed by atoms with van der Waals surface area (Å²) in [6.45, 7) is 0.360. The van der Waals surface area contributed by atoms with Crippen LogP contribution < -0.4 is 5.73 Å². The molecule has 208 valence electrons. The minimum Gasteiger partial charge on any atom is -0.388 e. The molecule has 2 aromatic rings. The molecular weight excluding hydrogens is 548 g/mol. The van der Waals surface area contributed by atoms with E-state index in [4.69, 9.17) is 15.2 Å². The second-order valence-corrected chi connectivity index (χ2v) is 11.2. The Kier molecular flexibility index (Phi) is 8.03. The van der Waals surface area contributed by atoms with Crippen LogP contribution in [0.1, 0.15) is 13.2 Å². The van der Waals surface area contributed by atoms with Gasteiger partial charge in [-0.25, -0.2) is 24.1 Å². The number of phosphoric acid groups is 2. The normalized spacial score (nSPS) is 37.9. The molecule has 0 aromatic carbocycles. The summed E-state index contributed by atoms with van der Waals surface area (Å²) in [4.78, 5) is 31.5. The van der Waals surface area contributed by atoms with Gasteiger partial charge in [0.15, 0.2) is 24.0 Å². The number of nitrogen functional groups attached to an aromatic ring is 1. The zero-order valence-corrected chi connectivity index (χ0v) is 20.6. The minimum atomic E-state index is -5.47. The highest BCUT2D eigenvalue weighted by atomic mass is 31.3. The lowest BCUT2D eigenvalue weighted by Crippen LogP contribution is -2.57. The molecule has 0 amide bonds. The van der Waals surface area contributed by atoms with Crippen molar-refractivity contribution in [1.82, 2.24) is 19.5 Å². The summed E-state index contributed by atoms with van der Waals surface area (Å²) in [5, 5.41) is 50.0. The molecule has 4 heterocycles. The Morgan fingerprint density at radius 3 is 2.38 bits per heavy atom. The van der Waals surface area contributed by atoms with Gasteiger partial charge in [-0.3, -0.25) is 13.6 Å². The fraction of sp³-hybridized carbons (Fsp3) is 0.688. The summed E-state index contributed by atoms with van der Waals surface area (Å²) in [5.74, 6) is 0.0528. The number of aromatic nitrogens is 4. The molecule has 2 saturated heterocycles. The lowest BCUT2D eigenvalue weighted by Gasteiger charge is -2.38. The van der Waals surface area contributed by atoms with Crippen molar-refractivity contribution in [3.05, 3.63) is 12.7 Å². The Balaban J connectivity index is 1.38. The number of rotatable bonds is 8. The number of aliphatic hydroxyl groups is 5. The number of ether oxygens (including phenoxy) is 2. The van der Waals surface area contributed by atoms with Crippen LogP contribution in [0.15, 0.2) is 12.7 Å². The first-order valence-electron chi connectivity index (χ1n) is 10.5. The van der Waals surface area contributed by atoms with Crippen LogP contribution in [0, 0.1) is 0 Å². The van der Waals surface area contributed by atoms with Crippen molar-refractivity contribution in [1.29, 1.82) is 0 Å². The van der Waals surface area contributed by atoms with Crippen molar-refractivity contribution in [3.63, 3.8) is 0 Å². The summed E-state index contributed by atoms with van der Waals surface area (Å²) in [6, 6.07) is 0. The Labute approximate surface area is 207 Å². The number of phosphoric ester groups is 2. The molecule has 0 bridgehead atoms. The molecule has 0 saturated carbocycles. The maximum absolute atomic E-state index is 12.3. The Morgan fingerprint density at radius 1 is 0.973 bits per heavy atom. The van der Waals surface area contributed by atoms with E-state index >= 15 is 0 Å². The number of aliphatic hydroxyl groups excluding tert-OH is 5. The van der Waals surface area contributed by atoms with Crippen LogP contribution in [-0.4, -0.2) is 110 Å². The first kappa shape index (κ1) is 28.3. The molecule has 2 aliphatic heterocycles. The van der Waals surface area contributed by atoms with Crippen LogP contribution in [0.2, 0.25) is 0 Å². The summed E-state index contributed by atoms with van der Waals surface area (Å²) in [6.07, 6.45) is -12.1. The van der Waals surface area contributed by atoms with Gasteiger partial charge in [-0.1, -0.05) is 0 Å². The van der Waals surface area contributed by atoms with E-state index in [1.807, 2.05) is 0 Å². The Morgan fingerprint density at radius 2 is 1.68 bits per heavy atom. The van der Waals surface area contributed by atoms with E-state index in [-0.39, 0.29) is 17.0 Å². The predicted molar refractivity (Wildman–Crippen MR) is 116 cm³/mol. The average Bonchev–Trinajstić information content (AvgIpc) is 3.36. The van der Waals surface area contributed by atoms with Gasteiger partial charge in [0.25, 0.3) is 0 Å². The number of hydrogen-bond donors (Lipinski definition) is 8. The second kappa shape index (κ2) is 10.5. The predicted octanol–water partition coefficient (Wildman–Crippen LogP) is -2.89. The maximum atomic E-state index is 12.3. The average molecular weight is 573 g/mol. The lowest BCUT2D eigenvalue weighted by molar-refractivity contribution is -0.271. The van der Waals surface area contributed by atoms with E-state index in [0.29, 0.717) is 0 Å². The van der Waals surface area contributed by atoms with Crippen molar-refractivity contribution in [2.75, 3.05) is 12.3 Å². The SMILES string of the molecule is C[C@@H]1O[C@@H](OP(=O)(O)OP(=O)(O)OC[C@H]2O[C@@H](n3cnc4c(N)ncnc43)[C@H](O)[C@@H]2O)[C@H](O)[C@H](O)[C@H]1O. The number of anilines is 1. The Hall–Kier alpha value is -1.67. The second-order valence-electron chi connectivity index (χ2n) is 8.23. The molecule has 0 aliphatic carbocycles. The summed E-state index contributed by atoms with van der Waals surface area (Å²) < 4.78 is 49.5. The van der Waals surface area contributed by atoms with E-state index in [9.17, 15) is 44.4 Å². The van der Waals surface area contributed by atoms with Gasteiger partial charge in [0.1, 0.15) is 48.5 Å². The molecule has 2 aromatic heterocycles. The molecule has 2 fully saturated rings. The summed E-state index contributed by atoms with van der Waals surface area (Å²) in [7, 11) is -10.9. The smallest absolute Gasteiger partial charge is 0.388 e. The molecular formula is C16H25N5O14P2. The molecule has 21 heteroatoms.